The van der Waals surface area contributed by atoms with Crippen molar-refractivity contribution in [2.75, 3.05) is 11.1 Å². The monoisotopic (exact) mass is 387 g/mol. The van der Waals surface area contributed by atoms with Crippen molar-refractivity contribution in [2.24, 2.45) is 0 Å². The highest BCUT2D eigenvalue weighted by atomic mass is 32.2. The standard InChI is InChI=1S/C18H21N5O3S/c1-4-27(25,26)15-7-5-14(6-8-15)22-17(24)10-9-16-12(2)21-18-19-11-20-23(18)13(16)3/h5-8,11H,4,9-10H2,1-3H3,(H,22,24). The Kier molecular flexibility index (Phi) is 5.22. The number of amides is 1. The molecule has 142 valence electrons. The van der Waals surface area contributed by atoms with Crippen LogP contribution in [0, 0.1) is 13.8 Å². The molecule has 0 aliphatic heterocycles. The number of aryl methyl sites for hydroxylation is 2. The number of aromatic nitrogens is 4. The fraction of sp³-hybridized carbons (Fsp3) is 0.333. The number of nitrogens with zero attached hydrogens (tertiary/aromatic N) is 4. The van der Waals surface area contributed by atoms with Crippen LogP contribution < -0.4 is 5.32 Å². The van der Waals surface area contributed by atoms with Crippen LogP contribution in [0.2, 0.25) is 0 Å². The van der Waals surface area contributed by atoms with Gasteiger partial charge < -0.3 is 5.32 Å². The molecule has 0 aliphatic carbocycles. The van der Waals surface area contributed by atoms with Crippen molar-refractivity contribution >= 4 is 27.2 Å². The molecule has 0 bridgehead atoms. The molecule has 0 unspecified atom stereocenters. The summed E-state index contributed by atoms with van der Waals surface area (Å²) < 4.78 is 25.3. The zero-order valence-corrected chi connectivity index (χ0v) is 16.2. The SMILES string of the molecule is CCS(=O)(=O)c1ccc(NC(=O)CCc2c(C)nc3ncnn3c2C)cc1. The van der Waals surface area contributed by atoms with Gasteiger partial charge in [-0.25, -0.2) is 17.9 Å². The minimum Gasteiger partial charge on any atom is -0.326 e. The molecule has 2 aromatic heterocycles. The third-order valence-corrected chi connectivity index (χ3v) is 6.22. The average Bonchev–Trinajstić information content (AvgIpc) is 3.10. The normalized spacial score (nSPS) is 11.7. The summed E-state index contributed by atoms with van der Waals surface area (Å²) in [6.07, 6.45) is 2.25. The molecule has 8 nitrogen and oxygen atoms in total. The maximum atomic E-state index is 12.3. The van der Waals surface area contributed by atoms with Crippen molar-refractivity contribution in [1.82, 2.24) is 19.6 Å². The predicted molar refractivity (Wildman–Crippen MR) is 101 cm³/mol. The van der Waals surface area contributed by atoms with Crippen LogP contribution in [0.15, 0.2) is 35.5 Å². The summed E-state index contributed by atoms with van der Waals surface area (Å²) in [5.41, 5.74) is 3.27. The lowest BCUT2D eigenvalue weighted by atomic mass is 10.1. The van der Waals surface area contributed by atoms with E-state index in [1.807, 2.05) is 13.8 Å². The highest BCUT2D eigenvalue weighted by molar-refractivity contribution is 7.91. The molecule has 27 heavy (non-hydrogen) atoms. The van der Waals surface area contributed by atoms with Crippen LogP contribution in [0.3, 0.4) is 0 Å². The summed E-state index contributed by atoms with van der Waals surface area (Å²) in [7, 11) is -3.25. The van der Waals surface area contributed by atoms with E-state index in [-0.39, 0.29) is 23.0 Å². The van der Waals surface area contributed by atoms with E-state index in [1.165, 1.54) is 18.5 Å². The average molecular weight is 387 g/mol. The van der Waals surface area contributed by atoms with Gasteiger partial charge in [0.05, 0.1) is 10.6 Å². The van der Waals surface area contributed by atoms with E-state index in [1.54, 1.807) is 23.6 Å². The van der Waals surface area contributed by atoms with E-state index >= 15 is 0 Å². The van der Waals surface area contributed by atoms with E-state index in [2.05, 4.69) is 20.4 Å². The van der Waals surface area contributed by atoms with Crippen LogP contribution in [-0.2, 0) is 21.1 Å². The molecule has 9 heteroatoms. The molecule has 0 fully saturated rings. The maximum absolute atomic E-state index is 12.3. The molecule has 0 radical (unpaired) electrons. The molecule has 1 amide bonds. The van der Waals surface area contributed by atoms with E-state index < -0.39 is 9.84 Å². The van der Waals surface area contributed by atoms with Gasteiger partial charge in [0.25, 0.3) is 5.78 Å². The number of hydrogen-bond acceptors (Lipinski definition) is 6. The smallest absolute Gasteiger partial charge is 0.252 e. The van der Waals surface area contributed by atoms with Crippen molar-refractivity contribution < 1.29 is 13.2 Å². The summed E-state index contributed by atoms with van der Waals surface area (Å²) in [6, 6.07) is 6.20. The second-order valence-corrected chi connectivity index (χ2v) is 8.49. The van der Waals surface area contributed by atoms with Crippen molar-refractivity contribution in [3.63, 3.8) is 0 Å². The molecule has 0 saturated heterocycles. The topological polar surface area (TPSA) is 106 Å². The van der Waals surface area contributed by atoms with Crippen LogP contribution in [-0.4, -0.2) is 39.7 Å². The number of anilines is 1. The number of fused-ring (bicyclic) bond motifs is 1. The summed E-state index contributed by atoms with van der Waals surface area (Å²) in [6.45, 7) is 5.42. The molecule has 3 aromatic rings. The van der Waals surface area contributed by atoms with Crippen molar-refractivity contribution in [1.29, 1.82) is 0 Å². The molecular formula is C18H21N5O3S. The molecule has 1 N–H and O–H groups in total. The summed E-state index contributed by atoms with van der Waals surface area (Å²) in [4.78, 5) is 21.0. The Balaban J connectivity index is 1.67. The highest BCUT2D eigenvalue weighted by Gasteiger charge is 2.14. The third-order valence-electron chi connectivity index (χ3n) is 4.47. The van der Waals surface area contributed by atoms with Crippen LogP contribution >= 0.6 is 0 Å². The van der Waals surface area contributed by atoms with Gasteiger partial charge in [-0.1, -0.05) is 6.92 Å². The number of hydrogen-bond donors (Lipinski definition) is 1. The van der Waals surface area contributed by atoms with Crippen LogP contribution in [0.1, 0.15) is 30.3 Å². The number of rotatable bonds is 6. The van der Waals surface area contributed by atoms with Gasteiger partial charge in [-0.3, -0.25) is 4.79 Å². The largest absolute Gasteiger partial charge is 0.326 e. The van der Waals surface area contributed by atoms with Crippen molar-refractivity contribution in [3.05, 3.63) is 47.5 Å². The minimum atomic E-state index is -3.25. The van der Waals surface area contributed by atoms with Crippen LogP contribution in [0.4, 0.5) is 5.69 Å². The molecule has 0 saturated carbocycles. The van der Waals surface area contributed by atoms with Gasteiger partial charge in [-0.2, -0.15) is 10.1 Å². The summed E-state index contributed by atoms with van der Waals surface area (Å²) in [5.74, 6) is 0.431. The third kappa shape index (κ3) is 3.97. The molecule has 3 rings (SSSR count). The molecule has 0 spiro atoms. The number of sulfone groups is 1. The van der Waals surface area contributed by atoms with Crippen LogP contribution in [0.5, 0.6) is 0 Å². The fourth-order valence-electron chi connectivity index (χ4n) is 2.89. The lowest BCUT2D eigenvalue weighted by molar-refractivity contribution is -0.116. The van der Waals surface area contributed by atoms with Gasteiger partial charge in [0, 0.05) is 23.5 Å². The van der Waals surface area contributed by atoms with Gasteiger partial charge in [-0.15, -0.1) is 0 Å². The summed E-state index contributed by atoms with van der Waals surface area (Å²) in [5, 5.41) is 6.93. The zero-order chi connectivity index (χ0) is 19.6. The predicted octanol–water partition coefficient (Wildman–Crippen LogP) is 2.11. The zero-order valence-electron chi connectivity index (χ0n) is 15.4. The molecular weight excluding hydrogens is 366 g/mol. The number of carbonyl (C=O) groups excluding carboxylic acids is 1. The Bertz CT molecular complexity index is 1090. The van der Waals surface area contributed by atoms with Gasteiger partial charge in [-0.05, 0) is 50.1 Å². The van der Waals surface area contributed by atoms with Crippen molar-refractivity contribution in [2.45, 2.75) is 38.5 Å². The first-order valence-electron chi connectivity index (χ1n) is 8.60. The summed E-state index contributed by atoms with van der Waals surface area (Å²) >= 11 is 0. The maximum Gasteiger partial charge on any atom is 0.252 e. The van der Waals surface area contributed by atoms with Gasteiger partial charge in [0.15, 0.2) is 9.84 Å². The Morgan fingerprint density at radius 1 is 1.19 bits per heavy atom. The lowest BCUT2D eigenvalue weighted by Crippen LogP contribution is -2.14. The number of nitrogens with one attached hydrogen (secondary N) is 1. The Labute approximate surface area is 157 Å². The van der Waals surface area contributed by atoms with Gasteiger partial charge in [0.1, 0.15) is 6.33 Å². The second-order valence-electron chi connectivity index (χ2n) is 6.21. The second kappa shape index (κ2) is 7.43. The van der Waals surface area contributed by atoms with E-state index in [0.717, 1.165) is 17.0 Å². The Morgan fingerprint density at radius 2 is 1.89 bits per heavy atom. The fourth-order valence-corrected chi connectivity index (χ4v) is 3.78. The minimum absolute atomic E-state index is 0.0432. The highest BCUT2D eigenvalue weighted by Crippen LogP contribution is 2.17. The lowest BCUT2D eigenvalue weighted by Gasteiger charge is -2.11. The molecule has 0 atom stereocenters. The van der Waals surface area contributed by atoms with E-state index in [9.17, 15) is 13.2 Å². The van der Waals surface area contributed by atoms with Gasteiger partial charge in [0.2, 0.25) is 5.91 Å². The molecule has 1 aromatic carbocycles. The first kappa shape index (κ1) is 19.0. The number of benzene rings is 1. The van der Waals surface area contributed by atoms with Gasteiger partial charge >= 0.3 is 0 Å². The quantitative estimate of drug-likeness (QED) is 0.694. The first-order chi connectivity index (χ1) is 12.8. The first-order valence-corrected chi connectivity index (χ1v) is 10.3. The molecule has 0 aliphatic rings. The van der Waals surface area contributed by atoms with E-state index in [4.69, 9.17) is 0 Å². The van der Waals surface area contributed by atoms with Crippen molar-refractivity contribution in [3.8, 4) is 0 Å². The molecule has 2 heterocycles. The van der Waals surface area contributed by atoms with E-state index in [0.29, 0.717) is 17.9 Å². The Hall–Kier alpha value is -2.81. The number of carbonyl (C=O) groups is 1. The van der Waals surface area contributed by atoms with Crippen LogP contribution in [0.25, 0.3) is 5.78 Å². The Morgan fingerprint density at radius 3 is 2.56 bits per heavy atom.